The summed E-state index contributed by atoms with van der Waals surface area (Å²) in [5, 5.41) is 18.7. The second-order valence-electron chi connectivity index (χ2n) is 8.36. The number of likely N-dealkylation sites (tertiary alicyclic amines) is 1. The van der Waals surface area contributed by atoms with E-state index < -0.39 is 17.8 Å². The van der Waals surface area contributed by atoms with Gasteiger partial charge in [0, 0.05) is 30.1 Å². The Morgan fingerprint density at radius 3 is 2.64 bits per heavy atom. The molecule has 0 saturated carbocycles. The third-order valence-corrected chi connectivity index (χ3v) is 6.98. The van der Waals surface area contributed by atoms with Crippen molar-refractivity contribution in [3.63, 3.8) is 0 Å². The number of alkyl halides is 3. The second-order valence-corrected chi connectivity index (χ2v) is 9.25. The van der Waals surface area contributed by atoms with Crippen LogP contribution in [0.1, 0.15) is 45.5 Å². The highest BCUT2D eigenvalue weighted by Crippen LogP contribution is 2.33. The molecule has 3 heterocycles. The fourth-order valence-corrected chi connectivity index (χ4v) is 4.97. The zero-order valence-corrected chi connectivity index (χ0v) is 20.3. The van der Waals surface area contributed by atoms with Crippen molar-refractivity contribution in [2.75, 3.05) is 25.5 Å². The van der Waals surface area contributed by atoms with E-state index in [9.17, 15) is 27.9 Å². The number of hydrogen-bond donors (Lipinski definition) is 2. The van der Waals surface area contributed by atoms with E-state index >= 15 is 0 Å². The Kier molecular flexibility index (Phi) is 7.20. The summed E-state index contributed by atoms with van der Waals surface area (Å²) >= 11 is 1.38. The molecule has 1 aromatic carbocycles. The first-order valence-electron chi connectivity index (χ1n) is 11.1. The highest BCUT2D eigenvalue weighted by Gasteiger charge is 2.35. The molecule has 4 rings (SSSR count). The van der Waals surface area contributed by atoms with Gasteiger partial charge in [-0.2, -0.15) is 18.3 Å². The molecule has 9 nitrogen and oxygen atoms in total. The van der Waals surface area contributed by atoms with Crippen LogP contribution in [0.25, 0.3) is 0 Å². The van der Waals surface area contributed by atoms with Crippen LogP contribution in [0.2, 0.25) is 0 Å². The summed E-state index contributed by atoms with van der Waals surface area (Å²) in [6, 6.07) is 5.45. The van der Waals surface area contributed by atoms with Crippen molar-refractivity contribution in [1.29, 1.82) is 0 Å². The van der Waals surface area contributed by atoms with Gasteiger partial charge in [-0.15, -0.1) is 11.3 Å². The quantitative estimate of drug-likeness (QED) is 0.505. The Bertz CT molecular complexity index is 1260. The van der Waals surface area contributed by atoms with Gasteiger partial charge in [-0.3, -0.25) is 14.3 Å². The lowest BCUT2D eigenvalue weighted by Gasteiger charge is -2.31. The lowest BCUT2D eigenvalue weighted by atomic mass is 9.97. The molecule has 0 aliphatic carbocycles. The average molecular weight is 524 g/mol. The molecule has 0 spiro atoms. The van der Waals surface area contributed by atoms with Crippen molar-refractivity contribution in [2.45, 2.75) is 38.4 Å². The van der Waals surface area contributed by atoms with Gasteiger partial charge in [-0.25, -0.2) is 4.98 Å². The number of phenolic OH excluding ortho intramolecular Hbond substituents is 1. The molecule has 2 aromatic heterocycles. The number of aryl methyl sites for hydroxylation is 1. The van der Waals surface area contributed by atoms with Crippen LogP contribution in [-0.2, 0) is 17.5 Å². The Labute approximate surface area is 208 Å². The summed E-state index contributed by atoms with van der Waals surface area (Å²) in [6.07, 6.45) is -3.30. The Balaban J connectivity index is 1.33. The molecule has 0 bridgehead atoms. The third kappa shape index (κ3) is 5.45. The van der Waals surface area contributed by atoms with Crippen molar-refractivity contribution in [3.05, 3.63) is 51.6 Å². The number of benzene rings is 1. The van der Waals surface area contributed by atoms with E-state index in [1.54, 1.807) is 22.4 Å². The fourth-order valence-electron chi connectivity index (χ4n) is 4.04. The Morgan fingerprint density at radius 2 is 2.00 bits per heavy atom. The van der Waals surface area contributed by atoms with E-state index in [1.807, 2.05) is 0 Å². The summed E-state index contributed by atoms with van der Waals surface area (Å²) in [6.45, 7) is 2.10. The van der Waals surface area contributed by atoms with Gasteiger partial charge in [0.2, 0.25) is 5.91 Å². The molecule has 2 N–H and O–H groups in total. The minimum absolute atomic E-state index is 0.0103. The zero-order chi connectivity index (χ0) is 26.0. The van der Waals surface area contributed by atoms with Crippen molar-refractivity contribution >= 4 is 29.0 Å². The highest BCUT2D eigenvalue weighted by atomic mass is 32.1. The number of nitrogens with one attached hydrogen (secondary N) is 1. The number of anilines is 1. The third-order valence-electron chi connectivity index (χ3n) is 5.97. The predicted octanol–water partition coefficient (Wildman–Crippen LogP) is 4.04. The van der Waals surface area contributed by atoms with Gasteiger partial charge in [0.1, 0.15) is 29.4 Å². The fraction of sp³-hybridized carbons (Fsp3) is 0.391. The van der Waals surface area contributed by atoms with Crippen molar-refractivity contribution in [1.82, 2.24) is 19.7 Å². The van der Waals surface area contributed by atoms with Crippen LogP contribution in [0.4, 0.5) is 19.0 Å². The molecule has 0 radical (unpaired) electrons. The lowest BCUT2D eigenvalue weighted by molar-refractivity contribution is -0.142. The van der Waals surface area contributed by atoms with Crippen LogP contribution in [0.3, 0.4) is 0 Å². The average Bonchev–Trinajstić information content (AvgIpc) is 3.45. The van der Waals surface area contributed by atoms with Crippen LogP contribution in [-0.4, -0.2) is 56.8 Å². The number of halogens is 3. The van der Waals surface area contributed by atoms with Crippen molar-refractivity contribution in [3.8, 4) is 11.5 Å². The van der Waals surface area contributed by atoms with Crippen LogP contribution >= 0.6 is 11.3 Å². The first kappa shape index (κ1) is 25.5. The maximum Gasteiger partial charge on any atom is 0.435 e. The number of hydrogen-bond acceptors (Lipinski definition) is 7. The number of amides is 2. The SMILES string of the molecule is COc1cccc(O)c1C(=O)Nc1csc(C2CCN(C(=O)Cn3nc(C(F)(F)F)cc3C)CC2)n1. The number of carbonyl (C=O) groups excluding carboxylic acids is 2. The van der Waals surface area contributed by atoms with Crippen LogP contribution in [0.5, 0.6) is 11.5 Å². The van der Waals surface area contributed by atoms with E-state index in [2.05, 4.69) is 15.4 Å². The molecule has 13 heteroatoms. The molecule has 3 aromatic rings. The molecule has 1 aliphatic heterocycles. The molecule has 1 aliphatic rings. The number of aromatic hydroxyl groups is 1. The van der Waals surface area contributed by atoms with Crippen LogP contribution in [0, 0.1) is 6.92 Å². The topological polar surface area (TPSA) is 110 Å². The number of piperidine rings is 1. The van der Waals surface area contributed by atoms with Gasteiger partial charge in [0.25, 0.3) is 5.91 Å². The molecule has 36 heavy (non-hydrogen) atoms. The maximum atomic E-state index is 12.9. The molecular formula is C23H24F3N5O4S. The van der Waals surface area contributed by atoms with Crippen molar-refractivity contribution in [2.24, 2.45) is 0 Å². The summed E-state index contributed by atoms with van der Waals surface area (Å²) in [4.78, 5) is 31.4. The largest absolute Gasteiger partial charge is 0.507 e. The van der Waals surface area contributed by atoms with Gasteiger partial charge in [-0.1, -0.05) is 6.07 Å². The first-order valence-corrected chi connectivity index (χ1v) is 12.0. The normalized spacial score (nSPS) is 14.6. The standard InChI is InChI=1S/C23H24F3N5O4S/c1-13-10-17(23(24,25)26)29-31(13)11-19(33)30-8-6-14(7-9-30)22-28-18(12-36-22)27-21(34)20-15(32)4-3-5-16(20)35-2/h3-5,10,12,14,32H,6-9,11H2,1-2H3,(H,27,34). The van der Waals surface area contributed by atoms with E-state index in [1.165, 1.54) is 31.4 Å². The highest BCUT2D eigenvalue weighted by molar-refractivity contribution is 7.10. The Hall–Kier alpha value is -3.61. The molecule has 1 fully saturated rings. The number of ether oxygens (including phenoxy) is 1. The number of rotatable bonds is 6. The molecule has 2 amide bonds. The molecule has 0 unspecified atom stereocenters. The number of nitrogens with zero attached hydrogens (tertiary/aromatic N) is 4. The molecule has 0 atom stereocenters. The molecular weight excluding hydrogens is 499 g/mol. The lowest BCUT2D eigenvalue weighted by Crippen LogP contribution is -2.40. The maximum absolute atomic E-state index is 12.9. The summed E-state index contributed by atoms with van der Waals surface area (Å²) < 4.78 is 44.8. The Morgan fingerprint density at radius 1 is 1.28 bits per heavy atom. The number of phenols is 1. The van der Waals surface area contributed by atoms with E-state index in [0.29, 0.717) is 31.7 Å². The summed E-state index contributed by atoms with van der Waals surface area (Å²) in [5.41, 5.74) is -0.736. The predicted molar refractivity (Wildman–Crippen MR) is 125 cm³/mol. The van der Waals surface area contributed by atoms with E-state index in [0.717, 1.165) is 15.8 Å². The van der Waals surface area contributed by atoms with Gasteiger partial charge in [0.05, 0.1) is 12.1 Å². The van der Waals surface area contributed by atoms with Gasteiger partial charge in [0.15, 0.2) is 5.69 Å². The van der Waals surface area contributed by atoms with E-state index in [4.69, 9.17) is 4.74 Å². The van der Waals surface area contributed by atoms with Crippen molar-refractivity contribution < 1.29 is 32.6 Å². The monoisotopic (exact) mass is 523 g/mol. The minimum atomic E-state index is -4.56. The first-order chi connectivity index (χ1) is 17.1. The number of methoxy groups -OCH3 is 1. The number of carbonyl (C=O) groups is 2. The van der Waals surface area contributed by atoms with Gasteiger partial charge >= 0.3 is 6.18 Å². The minimum Gasteiger partial charge on any atom is -0.507 e. The summed E-state index contributed by atoms with van der Waals surface area (Å²) in [7, 11) is 1.40. The van der Waals surface area contributed by atoms with Crippen LogP contribution in [0.15, 0.2) is 29.6 Å². The second kappa shape index (κ2) is 10.2. The van der Waals surface area contributed by atoms with Gasteiger partial charge in [-0.05, 0) is 38.0 Å². The van der Waals surface area contributed by atoms with E-state index in [-0.39, 0.29) is 41.1 Å². The number of thiazole rings is 1. The van der Waals surface area contributed by atoms with Crippen LogP contribution < -0.4 is 10.1 Å². The molecule has 192 valence electrons. The number of aromatic nitrogens is 3. The smallest absolute Gasteiger partial charge is 0.435 e. The summed E-state index contributed by atoms with van der Waals surface area (Å²) in [5.74, 6) is -0.396. The molecule has 1 saturated heterocycles. The zero-order valence-electron chi connectivity index (χ0n) is 19.5. The van der Waals surface area contributed by atoms with Gasteiger partial charge < -0.3 is 20.1 Å².